The third-order valence-corrected chi connectivity index (χ3v) is 4.25. The molecule has 1 aromatic rings. The van der Waals surface area contributed by atoms with Crippen molar-refractivity contribution < 1.29 is 19.5 Å². The van der Waals surface area contributed by atoms with Crippen molar-refractivity contribution in [2.75, 3.05) is 30.4 Å². The number of rotatable bonds is 2. The van der Waals surface area contributed by atoms with Crippen LogP contribution in [0.15, 0.2) is 47.4 Å². The van der Waals surface area contributed by atoms with E-state index in [0.29, 0.717) is 6.54 Å². The van der Waals surface area contributed by atoms with Gasteiger partial charge in [0, 0.05) is 19.3 Å². The van der Waals surface area contributed by atoms with Gasteiger partial charge in [-0.3, -0.25) is 9.59 Å². The number of hydrogen-bond donors (Lipinski definition) is 2. The van der Waals surface area contributed by atoms with E-state index < -0.39 is 0 Å². The first-order valence-electron chi connectivity index (χ1n) is 10.9. The van der Waals surface area contributed by atoms with Gasteiger partial charge in [-0.1, -0.05) is 26.0 Å². The summed E-state index contributed by atoms with van der Waals surface area (Å²) >= 11 is 0. The molecule has 2 heterocycles. The standard InChI is InChI=1S/C9H10N2O.C9H13NO2.C4H6.C2H4O.C2H6/c1-11-6-9(12)10-7-4-2-3-5-8(7)11;1-7(12)5-9-3-4-10(6-11)8(9)2;1-3-4-2;1-2-3;1-2/h2-5H,6H2,1H3,(H,10,12);5-6,12H,3-4H2,1-2H3;1-2H3;2H,1H3;1-2H3/b;7-5+;;;. The van der Waals surface area contributed by atoms with Gasteiger partial charge >= 0.3 is 0 Å². The van der Waals surface area contributed by atoms with E-state index in [4.69, 9.17) is 9.90 Å². The maximum atomic E-state index is 11.1. The van der Waals surface area contributed by atoms with Crippen LogP contribution in [0.25, 0.3) is 0 Å². The number of benzene rings is 1. The molecule has 0 fully saturated rings. The van der Waals surface area contributed by atoms with Crippen LogP contribution in [-0.2, 0) is 14.4 Å². The quantitative estimate of drug-likeness (QED) is 0.374. The fraction of sp³-hybridized carbons (Fsp3) is 0.423. The van der Waals surface area contributed by atoms with E-state index in [1.165, 1.54) is 6.92 Å². The van der Waals surface area contributed by atoms with Crippen molar-refractivity contribution in [3.8, 4) is 11.8 Å². The number of allylic oxidation sites excluding steroid dienone is 3. The summed E-state index contributed by atoms with van der Waals surface area (Å²) in [4.78, 5) is 33.9. The lowest BCUT2D eigenvalue weighted by atomic mass is 10.2. The van der Waals surface area contributed by atoms with Crippen LogP contribution in [0.4, 0.5) is 11.4 Å². The molecule has 1 aromatic carbocycles. The number of likely N-dealkylation sites (N-methyl/N-ethyl adjacent to an activating group) is 1. The number of carbonyl (C=O) groups excluding carboxylic acids is 3. The molecule has 0 bridgehead atoms. The molecule has 0 aliphatic carbocycles. The van der Waals surface area contributed by atoms with Crippen molar-refractivity contribution in [1.29, 1.82) is 0 Å². The van der Waals surface area contributed by atoms with Gasteiger partial charge in [0.05, 0.1) is 23.7 Å². The van der Waals surface area contributed by atoms with Gasteiger partial charge in [0.1, 0.15) is 6.29 Å². The third kappa shape index (κ3) is 12.8. The van der Waals surface area contributed by atoms with Crippen molar-refractivity contribution in [1.82, 2.24) is 4.90 Å². The zero-order valence-electron chi connectivity index (χ0n) is 21.2. The Balaban J connectivity index is 0. The van der Waals surface area contributed by atoms with Gasteiger partial charge in [-0.05, 0) is 64.8 Å². The average molecular weight is 458 g/mol. The lowest BCUT2D eigenvalue weighted by Gasteiger charge is -2.26. The van der Waals surface area contributed by atoms with Crippen LogP contribution < -0.4 is 10.2 Å². The first-order chi connectivity index (χ1) is 15.7. The van der Waals surface area contributed by atoms with Crippen LogP contribution in [0.2, 0.25) is 0 Å². The van der Waals surface area contributed by atoms with E-state index in [-0.39, 0.29) is 11.7 Å². The number of para-hydroxylation sites is 2. The largest absolute Gasteiger partial charge is 0.513 e. The van der Waals surface area contributed by atoms with Crippen molar-refractivity contribution >= 4 is 30.0 Å². The second-order valence-corrected chi connectivity index (χ2v) is 6.60. The van der Waals surface area contributed by atoms with E-state index >= 15 is 0 Å². The van der Waals surface area contributed by atoms with Gasteiger partial charge in [0.25, 0.3) is 0 Å². The lowest BCUT2D eigenvalue weighted by molar-refractivity contribution is -0.116. The van der Waals surface area contributed by atoms with Crippen LogP contribution in [0.5, 0.6) is 0 Å². The molecule has 2 amide bonds. The summed E-state index contributed by atoms with van der Waals surface area (Å²) in [5, 5.41) is 11.8. The molecule has 7 heteroatoms. The molecule has 0 aromatic heterocycles. The molecule has 3 rings (SSSR count). The highest BCUT2D eigenvalue weighted by atomic mass is 16.3. The van der Waals surface area contributed by atoms with Gasteiger partial charge < -0.3 is 25.0 Å². The Kier molecular flexibility index (Phi) is 18.4. The first kappa shape index (κ1) is 31.7. The highest BCUT2D eigenvalue weighted by molar-refractivity contribution is 6.00. The summed E-state index contributed by atoms with van der Waals surface area (Å²) in [7, 11) is 1.91. The van der Waals surface area contributed by atoms with Crippen LogP contribution in [-0.4, -0.2) is 48.7 Å². The number of aliphatic hydroxyl groups excluding tert-OH is 1. The summed E-state index contributed by atoms with van der Waals surface area (Å²) in [6.45, 7) is 13.8. The Bertz CT molecular complexity index is 854. The number of nitrogens with zero attached hydrogens (tertiary/aromatic N) is 2. The minimum atomic E-state index is 0.0520. The first-order valence-corrected chi connectivity index (χ1v) is 10.9. The van der Waals surface area contributed by atoms with Crippen LogP contribution in [0, 0.1) is 11.8 Å². The van der Waals surface area contributed by atoms with E-state index in [1.807, 2.05) is 70.8 Å². The minimum absolute atomic E-state index is 0.0520. The molecule has 0 radical (unpaired) electrons. The smallest absolute Gasteiger partial charge is 0.243 e. The molecular weight excluding hydrogens is 418 g/mol. The molecule has 2 aliphatic heterocycles. The number of carbonyl (C=O) groups is 3. The van der Waals surface area contributed by atoms with E-state index in [9.17, 15) is 9.59 Å². The summed E-state index contributed by atoms with van der Waals surface area (Å²) in [6.07, 6.45) is 4.12. The Morgan fingerprint density at radius 1 is 1.15 bits per heavy atom. The van der Waals surface area contributed by atoms with Crippen molar-refractivity contribution in [3.63, 3.8) is 0 Å². The van der Waals surface area contributed by atoms with Gasteiger partial charge in [0.2, 0.25) is 12.3 Å². The minimum Gasteiger partial charge on any atom is -0.513 e. The van der Waals surface area contributed by atoms with E-state index in [1.54, 1.807) is 17.9 Å². The molecular formula is C26H39N3O4. The lowest BCUT2D eigenvalue weighted by Crippen LogP contribution is -2.35. The molecule has 33 heavy (non-hydrogen) atoms. The maximum absolute atomic E-state index is 11.1. The van der Waals surface area contributed by atoms with Crippen molar-refractivity contribution in [2.45, 2.75) is 54.9 Å². The number of aldehydes is 1. The number of fused-ring (bicyclic) bond motifs is 1. The fourth-order valence-electron chi connectivity index (χ4n) is 2.74. The van der Waals surface area contributed by atoms with Crippen LogP contribution >= 0.6 is 0 Å². The van der Waals surface area contributed by atoms with Gasteiger partial charge in [-0.25, -0.2) is 0 Å². The van der Waals surface area contributed by atoms with Crippen molar-refractivity contribution in [2.24, 2.45) is 0 Å². The second-order valence-electron chi connectivity index (χ2n) is 6.60. The molecule has 2 aliphatic rings. The van der Waals surface area contributed by atoms with Gasteiger partial charge in [0.15, 0.2) is 0 Å². The predicted octanol–water partition coefficient (Wildman–Crippen LogP) is 4.92. The molecule has 7 nitrogen and oxygen atoms in total. The topological polar surface area (TPSA) is 90.0 Å². The summed E-state index contributed by atoms with van der Waals surface area (Å²) < 4.78 is 0. The summed E-state index contributed by atoms with van der Waals surface area (Å²) in [5.74, 6) is 5.70. The Morgan fingerprint density at radius 2 is 1.70 bits per heavy atom. The highest BCUT2D eigenvalue weighted by Crippen LogP contribution is 2.27. The molecule has 0 saturated heterocycles. The molecule has 2 N–H and O–H groups in total. The number of anilines is 2. The zero-order valence-corrected chi connectivity index (χ0v) is 21.2. The summed E-state index contributed by atoms with van der Waals surface area (Å²) in [5.41, 5.74) is 3.97. The SMILES string of the molecule is CC.CC#CC.CC1=C(/C=C(\C)O)CCN1C=O.CC=O.CN1CC(=O)Nc2ccccc21. The Hall–Kier alpha value is -3.53. The molecule has 0 unspecified atom stereocenters. The van der Waals surface area contributed by atoms with E-state index in [0.717, 1.165) is 48.3 Å². The fourth-order valence-corrected chi connectivity index (χ4v) is 2.74. The van der Waals surface area contributed by atoms with E-state index in [2.05, 4.69) is 17.2 Å². The molecule has 0 spiro atoms. The third-order valence-electron chi connectivity index (χ3n) is 4.25. The van der Waals surface area contributed by atoms with Gasteiger partial charge in [-0.15, -0.1) is 11.8 Å². The van der Waals surface area contributed by atoms with Crippen LogP contribution in [0.1, 0.15) is 54.9 Å². The monoisotopic (exact) mass is 457 g/mol. The highest BCUT2D eigenvalue weighted by Gasteiger charge is 2.17. The normalized spacial score (nSPS) is 13.5. The molecule has 182 valence electrons. The number of nitrogens with one attached hydrogen (secondary N) is 1. The Morgan fingerprint density at radius 3 is 2.15 bits per heavy atom. The number of hydrogen-bond acceptors (Lipinski definition) is 5. The Labute approximate surface area is 199 Å². The number of amides is 2. The second kappa shape index (κ2) is 19.2. The van der Waals surface area contributed by atoms with Gasteiger partial charge in [-0.2, -0.15) is 0 Å². The predicted molar refractivity (Wildman–Crippen MR) is 137 cm³/mol. The number of aliphatic hydroxyl groups is 1. The average Bonchev–Trinajstić information content (AvgIpc) is 3.15. The van der Waals surface area contributed by atoms with Crippen molar-refractivity contribution in [3.05, 3.63) is 47.4 Å². The molecule has 0 saturated carbocycles. The maximum Gasteiger partial charge on any atom is 0.243 e. The van der Waals surface area contributed by atoms with Crippen LogP contribution in [0.3, 0.4) is 0 Å². The molecule has 0 atom stereocenters. The summed E-state index contributed by atoms with van der Waals surface area (Å²) in [6, 6.07) is 7.78. The zero-order chi connectivity index (χ0) is 25.8.